The average molecular weight is 382 g/mol. The molecule has 0 spiro atoms. The van der Waals surface area contributed by atoms with Gasteiger partial charge in [0.25, 0.3) is 0 Å². The van der Waals surface area contributed by atoms with Crippen LogP contribution in [0.4, 0.5) is 0 Å². The van der Waals surface area contributed by atoms with Gasteiger partial charge in [0.15, 0.2) is 0 Å². The molecule has 0 aromatic heterocycles. The maximum Gasteiger partial charge on any atom is 0.101 e. The molecule has 0 amide bonds. The Morgan fingerprint density at radius 3 is 2.37 bits per heavy atom. The van der Waals surface area contributed by atoms with E-state index in [0.717, 1.165) is 5.57 Å². The van der Waals surface area contributed by atoms with Gasteiger partial charge in [-0.3, -0.25) is 0 Å². The molecule has 3 saturated carbocycles. The maximum atomic E-state index is 11.9. The van der Waals surface area contributed by atoms with Crippen molar-refractivity contribution in [1.29, 1.82) is 0 Å². The van der Waals surface area contributed by atoms with Crippen LogP contribution >= 0.6 is 0 Å². The van der Waals surface area contributed by atoms with Crippen LogP contribution in [0.3, 0.4) is 0 Å². The van der Waals surface area contributed by atoms with E-state index in [1.807, 2.05) is 0 Å². The molecule has 0 aliphatic heterocycles. The first-order valence-electron chi connectivity index (χ1n) is 10.3. The Morgan fingerprint density at radius 1 is 1.07 bits per heavy atom. The number of rotatable bonds is 1. The molecule has 0 radical (unpaired) electrons. The SMILES string of the molecule is CC(O)C1(O)CCC2(O)C3CC=C4CC(O)CCC4(C)C3C(O)C(O)C12C. The fourth-order valence-corrected chi connectivity index (χ4v) is 7.42. The van der Waals surface area contributed by atoms with Gasteiger partial charge in [-0.05, 0) is 56.8 Å². The summed E-state index contributed by atoms with van der Waals surface area (Å²) >= 11 is 0. The molecule has 4 rings (SSSR count). The molecule has 0 aromatic carbocycles. The molecule has 6 heteroatoms. The molecule has 6 nitrogen and oxygen atoms in total. The summed E-state index contributed by atoms with van der Waals surface area (Å²) in [5, 5.41) is 66.0. The van der Waals surface area contributed by atoms with Crippen molar-refractivity contribution in [1.82, 2.24) is 0 Å². The fourth-order valence-electron chi connectivity index (χ4n) is 7.42. The number of fused-ring (bicyclic) bond motifs is 5. The third-order valence-corrected chi connectivity index (χ3v) is 9.25. The van der Waals surface area contributed by atoms with E-state index in [4.69, 9.17) is 0 Å². The van der Waals surface area contributed by atoms with E-state index in [2.05, 4.69) is 13.0 Å². The van der Waals surface area contributed by atoms with Crippen molar-refractivity contribution in [2.75, 3.05) is 0 Å². The van der Waals surface area contributed by atoms with E-state index >= 15 is 0 Å². The summed E-state index contributed by atoms with van der Waals surface area (Å²) in [5.74, 6) is -0.674. The van der Waals surface area contributed by atoms with Gasteiger partial charge >= 0.3 is 0 Å². The minimum atomic E-state index is -1.67. The average Bonchev–Trinajstić information content (AvgIpc) is 2.83. The highest BCUT2D eigenvalue weighted by molar-refractivity contribution is 5.33. The second-order valence-electron chi connectivity index (χ2n) is 10.1. The molecule has 6 N–H and O–H groups in total. The van der Waals surface area contributed by atoms with E-state index < -0.39 is 40.3 Å². The van der Waals surface area contributed by atoms with E-state index in [9.17, 15) is 30.6 Å². The molecule has 0 aromatic rings. The first-order chi connectivity index (χ1) is 12.4. The zero-order chi connectivity index (χ0) is 20.0. The molecule has 0 heterocycles. The molecule has 10 atom stereocenters. The van der Waals surface area contributed by atoms with Gasteiger partial charge in [0, 0.05) is 5.92 Å². The minimum absolute atomic E-state index is 0.177. The van der Waals surface area contributed by atoms with Crippen LogP contribution in [-0.4, -0.2) is 66.3 Å². The third kappa shape index (κ3) is 2.12. The predicted octanol–water partition coefficient (Wildman–Crippen LogP) is 0.478. The van der Waals surface area contributed by atoms with Gasteiger partial charge in [-0.1, -0.05) is 25.5 Å². The summed E-state index contributed by atoms with van der Waals surface area (Å²) in [7, 11) is 0. The molecule has 4 aliphatic rings. The van der Waals surface area contributed by atoms with E-state index in [0.29, 0.717) is 25.7 Å². The van der Waals surface area contributed by atoms with Crippen molar-refractivity contribution in [3.63, 3.8) is 0 Å². The topological polar surface area (TPSA) is 121 Å². The van der Waals surface area contributed by atoms with Gasteiger partial charge in [0.2, 0.25) is 0 Å². The standard InChI is InChI=1S/C21H34O6/c1-11(22)20(26)8-9-21(27)14-5-4-12-10-13(23)6-7-18(12,2)15(14)16(24)17(25)19(20,21)3/h4,11,13-17,22-27H,5-10H2,1-3H3. The molecule has 0 saturated heterocycles. The maximum absolute atomic E-state index is 11.9. The van der Waals surface area contributed by atoms with Crippen LogP contribution in [0, 0.1) is 22.7 Å². The van der Waals surface area contributed by atoms with Gasteiger partial charge in [-0.25, -0.2) is 0 Å². The van der Waals surface area contributed by atoms with Crippen LogP contribution in [0.1, 0.15) is 59.3 Å². The number of hydrogen-bond acceptors (Lipinski definition) is 6. The van der Waals surface area contributed by atoms with Gasteiger partial charge in [-0.2, -0.15) is 0 Å². The van der Waals surface area contributed by atoms with E-state index in [-0.39, 0.29) is 30.8 Å². The van der Waals surface area contributed by atoms with Gasteiger partial charge < -0.3 is 30.6 Å². The second-order valence-corrected chi connectivity index (χ2v) is 10.1. The summed E-state index contributed by atoms with van der Waals surface area (Å²) < 4.78 is 0. The van der Waals surface area contributed by atoms with Crippen LogP contribution in [0.15, 0.2) is 11.6 Å². The lowest BCUT2D eigenvalue weighted by molar-refractivity contribution is -0.302. The quantitative estimate of drug-likeness (QED) is 0.367. The van der Waals surface area contributed by atoms with Crippen LogP contribution in [0.5, 0.6) is 0 Å². The lowest BCUT2D eigenvalue weighted by Gasteiger charge is -2.65. The van der Waals surface area contributed by atoms with Gasteiger partial charge in [-0.15, -0.1) is 0 Å². The molecule has 4 aliphatic carbocycles. The van der Waals surface area contributed by atoms with Crippen LogP contribution in [0.2, 0.25) is 0 Å². The highest BCUT2D eigenvalue weighted by Gasteiger charge is 2.77. The van der Waals surface area contributed by atoms with Crippen LogP contribution in [-0.2, 0) is 0 Å². The molecule has 3 fully saturated rings. The zero-order valence-electron chi connectivity index (χ0n) is 16.5. The second kappa shape index (κ2) is 5.77. The molecule has 27 heavy (non-hydrogen) atoms. The number of hydrogen-bond donors (Lipinski definition) is 6. The van der Waals surface area contributed by atoms with Gasteiger partial charge in [0.05, 0.1) is 35.4 Å². The summed E-state index contributed by atoms with van der Waals surface area (Å²) in [6, 6.07) is 0. The van der Waals surface area contributed by atoms with Crippen molar-refractivity contribution < 1.29 is 30.6 Å². The van der Waals surface area contributed by atoms with Crippen molar-refractivity contribution in [3.8, 4) is 0 Å². The van der Waals surface area contributed by atoms with Crippen molar-refractivity contribution >= 4 is 0 Å². The highest BCUT2D eigenvalue weighted by atomic mass is 16.4. The number of aliphatic hydroxyl groups excluding tert-OH is 4. The Labute approximate surface area is 160 Å². The van der Waals surface area contributed by atoms with Crippen molar-refractivity contribution in [3.05, 3.63) is 11.6 Å². The summed E-state index contributed by atoms with van der Waals surface area (Å²) in [4.78, 5) is 0. The first kappa shape index (κ1) is 19.8. The molecular formula is C21H34O6. The molecule has 10 unspecified atom stereocenters. The molecule has 0 bridgehead atoms. The Bertz CT molecular complexity index is 663. The normalized spacial score (nSPS) is 58.7. The largest absolute Gasteiger partial charge is 0.393 e. The van der Waals surface area contributed by atoms with Gasteiger partial charge in [0.1, 0.15) is 5.60 Å². The third-order valence-electron chi connectivity index (χ3n) is 9.25. The lowest BCUT2D eigenvalue weighted by atomic mass is 9.43. The first-order valence-corrected chi connectivity index (χ1v) is 10.3. The lowest BCUT2D eigenvalue weighted by Crippen LogP contribution is -2.75. The molecule has 154 valence electrons. The monoisotopic (exact) mass is 382 g/mol. The molecular weight excluding hydrogens is 348 g/mol. The number of allylic oxidation sites excluding steroid dienone is 1. The zero-order valence-corrected chi connectivity index (χ0v) is 16.5. The van der Waals surface area contributed by atoms with Crippen LogP contribution < -0.4 is 0 Å². The Morgan fingerprint density at radius 2 is 1.74 bits per heavy atom. The number of aliphatic hydroxyl groups is 6. The van der Waals surface area contributed by atoms with Crippen LogP contribution in [0.25, 0.3) is 0 Å². The Kier molecular flexibility index (Phi) is 4.23. The Balaban J connectivity index is 1.85. The summed E-state index contributed by atoms with van der Waals surface area (Å²) in [5.41, 5.74) is -3.77. The smallest absolute Gasteiger partial charge is 0.101 e. The minimum Gasteiger partial charge on any atom is -0.393 e. The highest BCUT2D eigenvalue weighted by Crippen LogP contribution is 2.69. The van der Waals surface area contributed by atoms with E-state index in [1.54, 1.807) is 6.92 Å². The van der Waals surface area contributed by atoms with Crippen molar-refractivity contribution in [2.45, 2.75) is 94.9 Å². The van der Waals surface area contributed by atoms with E-state index in [1.165, 1.54) is 6.92 Å². The fraction of sp³-hybridized carbons (Fsp3) is 0.905. The summed E-state index contributed by atoms with van der Waals surface area (Å²) in [6.07, 6.45) is 0.980. The predicted molar refractivity (Wildman–Crippen MR) is 98.6 cm³/mol. The summed E-state index contributed by atoms with van der Waals surface area (Å²) in [6.45, 7) is 5.16. The van der Waals surface area contributed by atoms with Crippen molar-refractivity contribution in [2.24, 2.45) is 22.7 Å². The Hall–Kier alpha value is -0.500.